The summed E-state index contributed by atoms with van der Waals surface area (Å²) < 4.78 is 11.6. The lowest BCUT2D eigenvalue weighted by Gasteiger charge is -2.12. The van der Waals surface area contributed by atoms with Crippen LogP contribution in [0.4, 0.5) is 0 Å². The van der Waals surface area contributed by atoms with Crippen molar-refractivity contribution in [2.45, 2.75) is 13.5 Å². The van der Waals surface area contributed by atoms with Gasteiger partial charge in [0.1, 0.15) is 6.61 Å². The van der Waals surface area contributed by atoms with Crippen molar-refractivity contribution in [1.29, 1.82) is 0 Å². The molecule has 0 spiro atoms. The Bertz CT molecular complexity index is 812. The molecule has 0 aliphatic heterocycles. The lowest BCUT2D eigenvalue weighted by atomic mass is 10.2. The molecule has 2 aromatic rings. The predicted molar refractivity (Wildman–Crippen MR) is 113 cm³/mol. The monoisotopic (exact) mass is 404 g/mol. The van der Waals surface area contributed by atoms with Gasteiger partial charge in [-0.05, 0) is 55.0 Å². The Morgan fingerprint density at radius 2 is 2.07 bits per heavy atom. The molecule has 2 rings (SSSR count). The van der Waals surface area contributed by atoms with Gasteiger partial charge in [-0.2, -0.15) is 0 Å². The number of thiocarbonyl (C=S) groups is 1. The molecule has 0 bridgehead atoms. The van der Waals surface area contributed by atoms with Gasteiger partial charge >= 0.3 is 0 Å². The van der Waals surface area contributed by atoms with Gasteiger partial charge < -0.3 is 14.8 Å². The molecule has 0 aromatic heterocycles. The van der Waals surface area contributed by atoms with Gasteiger partial charge in [-0.3, -0.25) is 0 Å². The first-order chi connectivity index (χ1) is 13.1. The molecule has 0 aliphatic carbocycles. The van der Waals surface area contributed by atoms with E-state index in [2.05, 4.69) is 22.4 Å². The summed E-state index contributed by atoms with van der Waals surface area (Å²) in [5, 5.41) is 7.07. The molecule has 7 heteroatoms. The van der Waals surface area contributed by atoms with E-state index in [1.807, 2.05) is 49.4 Å². The average molecular weight is 405 g/mol. The number of hydrazone groups is 1. The van der Waals surface area contributed by atoms with Crippen LogP contribution < -0.4 is 25.3 Å². The molecule has 3 N–H and O–H groups in total. The third kappa shape index (κ3) is 7.29. The van der Waals surface area contributed by atoms with Crippen LogP contribution in [0.3, 0.4) is 0 Å². The molecule has 0 atom stereocenters. The van der Waals surface area contributed by atoms with E-state index in [-0.39, 0.29) is 0 Å². The normalized spacial score (nSPS) is 10.4. The van der Waals surface area contributed by atoms with E-state index < -0.39 is 0 Å². The Balaban J connectivity index is 2.02. The summed E-state index contributed by atoms with van der Waals surface area (Å²) in [7, 11) is 0. The topological polar surface area (TPSA) is 56.5 Å². The van der Waals surface area contributed by atoms with Crippen LogP contribution in [0.1, 0.15) is 18.1 Å². The molecule has 142 valence electrons. The molecule has 0 saturated carbocycles. The minimum Gasteiger partial charge on any atom is -0.490 e. The first-order valence-electron chi connectivity index (χ1n) is 8.50. The van der Waals surface area contributed by atoms with Crippen LogP contribution in [0.25, 0.3) is 0 Å². The smallest absolute Gasteiger partial charge is 0.224 e. The summed E-state index contributed by atoms with van der Waals surface area (Å²) in [6.45, 7) is 7.10. The van der Waals surface area contributed by atoms with Gasteiger partial charge in [0.05, 0.1) is 6.61 Å². The maximum absolute atomic E-state index is 6.01. The zero-order chi connectivity index (χ0) is 19.5. The molecule has 5 nitrogen and oxygen atoms in total. The van der Waals surface area contributed by atoms with Crippen molar-refractivity contribution in [3.05, 3.63) is 71.3 Å². The fourth-order valence-electron chi connectivity index (χ4n) is 2.18. The summed E-state index contributed by atoms with van der Waals surface area (Å²) >= 11 is 11.1. The van der Waals surface area contributed by atoms with Crippen molar-refractivity contribution in [3.8, 4) is 11.5 Å². The molecule has 0 amide bonds. The van der Waals surface area contributed by atoms with Crippen LogP contribution in [0.2, 0.25) is 5.02 Å². The zero-order valence-electron chi connectivity index (χ0n) is 15.1. The number of rotatable bonds is 9. The van der Waals surface area contributed by atoms with Crippen molar-refractivity contribution in [2.24, 2.45) is 0 Å². The Labute approximate surface area is 170 Å². The molecular formula is C20H23ClN3O2S+. The van der Waals surface area contributed by atoms with E-state index in [4.69, 9.17) is 33.3 Å². The van der Waals surface area contributed by atoms with Crippen LogP contribution in [0, 0.1) is 0 Å². The van der Waals surface area contributed by atoms with Crippen LogP contribution >= 0.6 is 23.8 Å². The Kier molecular flexibility index (Phi) is 8.61. The first kappa shape index (κ1) is 20.7. The highest BCUT2D eigenvalue weighted by atomic mass is 35.5. The third-order valence-corrected chi connectivity index (χ3v) is 3.86. The minimum absolute atomic E-state index is 0.409. The summed E-state index contributed by atoms with van der Waals surface area (Å²) in [5.41, 5.74) is 4.77. The molecule has 2 aromatic carbocycles. The lowest BCUT2D eigenvalue weighted by Crippen LogP contribution is -2.82. The van der Waals surface area contributed by atoms with E-state index in [0.29, 0.717) is 41.4 Å². The quantitative estimate of drug-likeness (QED) is 0.259. The van der Waals surface area contributed by atoms with Crippen molar-refractivity contribution < 1.29 is 14.6 Å². The SMILES string of the molecule is C=CCNC(=S)N[NH+]=Cc1ccc(OCc2cccc(Cl)c2)c(OCC)c1. The van der Waals surface area contributed by atoms with Gasteiger partial charge in [0, 0.05) is 17.1 Å². The molecule has 0 aliphatic rings. The summed E-state index contributed by atoms with van der Waals surface area (Å²) in [6.07, 6.45) is 3.51. The Hall–Kier alpha value is -2.57. The standard InChI is InChI=1S/C20H22ClN3O2S/c1-3-10-22-20(27)24-23-13-15-8-9-18(19(12-15)25-4-2)26-14-16-6-5-7-17(21)11-16/h3,5-9,11-13H,1,4,10,14H2,2H3,(H2,22,24,27)/p+1. The number of ether oxygens (including phenoxy) is 2. The van der Waals surface area contributed by atoms with E-state index in [9.17, 15) is 0 Å². The highest BCUT2D eigenvalue weighted by molar-refractivity contribution is 7.80. The van der Waals surface area contributed by atoms with Gasteiger partial charge in [-0.15, -0.1) is 17.1 Å². The van der Waals surface area contributed by atoms with Crippen molar-refractivity contribution in [2.75, 3.05) is 13.2 Å². The highest BCUT2D eigenvalue weighted by Crippen LogP contribution is 2.28. The molecule has 0 radical (unpaired) electrons. The first-order valence-corrected chi connectivity index (χ1v) is 9.28. The minimum atomic E-state index is 0.409. The average Bonchev–Trinajstić information content (AvgIpc) is 2.66. The van der Waals surface area contributed by atoms with E-state index >= 15 is 0 Å². The van der Waals surface area contributed by atoms with Gasteiger partial charge in [0.25, 0.3) is 0 Å². The number of hydrogen-bond donors (Lipinski definition) is 3. The van der Waals surface area contributed by atoms with Crippen LogP contribution in [0.15, 0.2) is 55.1 Å². The molecular weight excluding hydrogens is 382 g/mol. The number of benzene rings is 2. The number of halogens is 1. The molecule has 0 saturated heterocycles. The van der Waals surface area contributed by atoms with Gasteiger partial charge in [-0.1, -0.05) is 29.8 Å². The Morgan fingerprint density at radius 1 is 1.22 bits per heavy atom. The van der Waals surface area contributed by atoms with Gasteiger partial charge in [0.2, 0.25) is 5.11 Å². The van der Waals surface area contributed by atoms with Crippen molar-refractivity contribution in [3.63, 3.8) is 0 Å². The lowest BCUT2D eigenvalue weighted by molar-refractivity contribution is -0.500. The maximum Gasteiger partial charge on any atom is 0.224 e. The maximum atomic E-state index is 6.01. The largest absolute Gasteiger partial charge is 0.490 e. The van der Waals surface area contributed by atoms with E-state index in [1.54, 1.807) is 12.3 Å². The fourth-order valence-corrected chi connectivity index (χ4v) is 2.54. The Morgan fingerprint density at radius 3 is 2.81 bits per heavy atom. The second-order valence-corrected chi connectivity index (χ2v) is 6.31. The summed E-state index contributed by atoms with van der Waals surface area (Å²) in [6, 6.07) is 13.3. The molecule has 0 unspecified atom stereocenters. The van der Waals surface area contributed by atoms with Crippen LogP contribution in [-0.2, 0) is 6.61 Å². The molecule has 27 heavy (non-hydrogen) atoms. The molecule has 0 heterocycles. The van der Waals surface area contributed by atoms with Gasteiger partial charge in [-0.25, -0.2) is 0 Å². The second kappa shape index (κ2) is 11.2. The van der Waals surface area contributed by atoms with E-state index in [0.717, 1.165) is 11.1 Å². The predicted octanol–water partition coefficient (Wildman–Crippen LogP) is 2.38. The zero-order valence-corrected chi connectivity index (χ0v) is 16.7. The second-order valence-electron chi connectivity index (χ2n) is 5.47. The van der Waals surface area contributed by atoms with Crippen molar-refractivity contribution >= 4 is 35.1 Å². The highest BCUT2D eigenvalue weighted by Gasteiger charge is 2.08. The van der Waals surface area contributed by atoms with Crippen LogP contribution in [-0.4, -0.2) is 24.5 Å². The third-order valence-electron chi connectivity index (χ3n) is 3.38. The number of hydrogen-bond acceptors (Lipinski definition) is 3. The number of nitrogens with one attached hydrogen (secondary N) is 3. The summed E-state index contributed by atoms with van der Waals surface area (Å²) in [4.78, 5) is 0. The summed E-state index contributed by atoms with van der Waals surface area (Å²) in [5.74, 6) is 1.34. The van der Waals surface area contributed by atoms with Crippen molar-refractivity contribution in [1.82, 2.24) is 10.7 Å². The van der Waals surface area contributed by atoms with Gasteiger partial charge in [0.15, 0.2) is 17.7 Å². The fraction of sp³-hybridized carbons (Fsp3) is 0.200. The van der Waals surface area contributed by atoms with E-state index in [1.165, 1.54) is 0 Å². The van der Waals surface area contributed by atoms with Crippen LogP contribution in [0.5, 0.6) is 11.5 Å². The molecule has 0 fully saturated rings. The number of hydrazine groups is 1.